The third kappa shape index (κ3) is 6.47. The first kappa shape index (κ1) is 19.8. The molecule has 0 aliphatic heterocycles. The van der Waals surface area contributed by atoms with Crippen LogP contribution in [0.15, 0.2) is 24.3 Å². The lowest BCUT2D eigenvalue weighted by Gasteiger charge is -2.20. The average molecular weight is 347 g/mol. The monoisotopic (exact) mass is 347 g/mol. The normalized spacial score (nSPS) is 13.9. The molecule has 0 heterocycles. The van der Waals surface area contributed by atoms with Gasteiger partial charge in [-0.15, -0.1) is 13.2 Å². The highest BCUT2D eigenvalue weighted by Gasteiger charge is 2.32. The lowest BCUT2D eigenvalue weighted by molar-refractivity contribution is -0.274. The summed E-state index contributed by atoms with van der Waals surface area (Å²) in [5.41, 5.74) is 0.223. The number of ether oxygens (including phenoxy) is 1. The molecule has 8 heteroatoms. The molecule has 0 saturated heterocycles. The minimum absolute atomic E-state index is 0.00489. The first-order valence-corrected chi connectivity index (χ1v) is 7.49. The molecule has 0 fully saturated rings. The van der Waals surface area contributed by atoms with Gasteiger partial charge in [0.15, 0.2) is 0 Å². The number of carbonyl (C=O) groups excluding carboxylic acids is 1. The third-order valence-electron chi connectivity index (χ3n) is 3.62. The van der Waals surface area contributed by atoms with E-state index in [0.29, 0.717) is 6.42 Å². The lowest BCUT2D eigenvalue weighted by atomic mass is 9.99. The molecule has 0 radical (unpaired) electrons. The zero-order chi connectivity index (χ0) is 18.3. The van der Waals surface area contributed by atoms with Crippen LogP contribution in [0.25, 0.3) is 0 Å². The topological polar surface area (TPSA) is 75.6 Å². The highest BCUT2D eigenvalue weighted by atomic mass is 19.4. The fourth-order valence-corrected chi connectivity index (χ4v) is 2.11. The van der Waals surface area contributed by atoms with Crippen LogP contribution < -0.4 is 10.1 Å². The van der Waals surface area contributed by atoms with Gasteiger partial charge in [-0.25, -0.2) is 4.79 Å². The van der Waals surface area contributed by atoms with Crippen molar-refractivity contribution in [2.75, 3.05) is 0 Å². The molecule has 5 nitrogen and oxygen atoms in total. The summed E-state index contributed by atoms with van der Waals surface area (Å²) < 4.78 is 40.9. The van der Waals surface area contributed by atoms with Crippen LogP contribution in [0.1, 0.15) is 32.3 Å². The Bertz CT molecular complexity index is 575. The van der Waals surface area contributed by atoms with Gasteiger partial charge in [-0.05, 0) is 24.0 Å². The molecule has 2 unspecified atom stereocenters. The molecule has 1 aromatic carbocycles. The summed E-state index contributed by atoms with van der Waals surface area (Å²) in [5.74, 6) is -2.30. The smallest absolute Gasteiger partial charge is 0.480 e. The maximum Gasteiger partial charge on any atom is 0.573 e. The molecule has 0 bridgehead atoms. The van der Waals surface area contributed by atoms with E-state index in [4.69, 9.17) is 5.11 Å². The zero-order valence-corrected chi connectivity index (χ0v) is 13.4. The Balaban J connectivity index is 2.69. The van der Waals surface area contributed by atoms with Crippen LogP contribution in [0.2, 0.25) is 0 Å². The van der Waals surface area contributed by atoms with E-state index in [0.717, 1.165) is 0 Å². The van der Waals surface area contributed by atoms with Gasteiger partial charge in [0, 0.05) is 6.42 Å². The zero-order valence-electron chi connectivity index (χ0n) is 13.4. The second-order valence-electron chi connectivity index (χ2n) is 5.42. The number of carboxylic acids is 1. The molecule has 0 aromatic heterocycles. The maximum absolute atomic E-state index is 12.3. The van der Waals surface area contributed by atoms with Gasteiger partial charge < -0.3 is 15.2 Å². The van der Waals surface area contributed by atoms with E-state index < -0.39 is 24.3 Å². The van der Waals surface area contributed by atoms with E-state index in [9.17, 15) is 22.8 Å². The third-order valence-corrected chi connectivity index (χ3v) is 3.62. The van der Waals surface area contributed by atoms with Crippen molar-refractivity contribution < 1.29 is 32.6 Å². The van der Waals surface area contributed by atoms with Crippen LogP contribution in [-0.4, -0.2) is 29.4 Å². The lowest BCUT2D eigenvalue weighted by Crippen LogP contribution is -2.45. The molecule has 0 aliphatic rings. The molecule has 24 heavy (non-hydrogen) atoms. The molecule has 2 atom stereocenters. The van der Waals surface area contributed by atoms with Gasteiger partial charge in [-0.2, -0.15) is 0 Å². The number of benzene rings is 1. The van der Waals surface area contributed by atoms with Crippen LogP contribution in [0.4, 0.5) is 13.2 Å². The molecular weight excluding hydrogens is 327 g/mol. The van der Waals surface area contributed by atoms with Crippen molar-refractivity contribution in [2.45, 2.75) is 45.5 Å². The maximum atomic E-state index is 12.3. The number of hydrogen-bond acceptors (Lipinski definition) is 3. The Kier molecular flexibility index (Phi) is 7.06. The van der Waals surface area contributed by atoms with E-state index in [1.807, 2.05) is 0 Å². The van der Waals surface area contributed by atoms with Crippen LogP contribution in [-0.2, 0) is 16.0 Å². The van der Waals surface area contributed by atoms with E-state index in [1.165, 1.54) is 24.3 Å². The van der Waals surface area contributed by atoms with Crippen molar-refractivity contribution in [2.24, 2.45) is 5.92 Å². The minimum atomic E-state index is -4.82. The molecule has 1 rings (SSSR count). The van der Waals surface area contributed by atoms with E-state index in [2.05, 4.69) is 10.1 Å². The Labute approximate surface area is 137 Å². The van der Waals surface area contributed by atoms with Crippen molar-refractivity contribution in [1.82, 2.24) is 5.32 Å². The number of alkyl halides is 3. The van der Waals surface area contributed by atoms with E-state index in [-0.39, 0.29) is 30.1 Å². The second kappa shape index (κ2) is 8.56. The van der Waals surface area contributed by atoms with Crippen LogP contribution >= 0.6 is 0 Å². The number of halogens is 3. The highest BCUT2D eigenvalue weighted by molar-refractivity contribution is 5.83. The SMILES string of the molecule is CCC(C)C(NC(=O)CCc1ccccc1OC(F)(F)F)C(=O)O. The van der Waals surface area contributed by atoms with Crippen molar-refractivity contribution in [3.05, 3.63) is 29.8 Å². The Morgan fingerprint density at radius 1 is 1.29 bits per heavy atom. The van der Waals surface area contributed by atoms with Crippen LogP contribution in [0.3, 0.4) is 0 Å². The van der Waals surface area contributed by atoms with Gasteiger partial charge in [0.25, 0.3) is 0 Å². The summed E-state index contributed by atoms with van der Waals surface area (Å²) in [5, 5.41) is 11.5. The quantitative estimate of drug-likeness (QED) is 0.758. The minimum Gasteiger partial charge on any atom is -0.480 e. The standard InChI is InChI=1S/C16H20F3NO4/c1-3-10(2)14(15(22)23)20-13(21)9-8-11-6-4-5-7-12(11)24-16(17,18)19/h4-7,10,14H,3,8-9H2,1-2H3,(H,20,21)(H,22,23). The van der Waals surface area contributed by atoms with Crippen molar-refractivity contribution in [3.63, 3.8) is 0 Å². The van der Waals surface area contributed by atoms with Crippen molar-refractivity contribution >= 4 is 11.9 Å². The predicted molar refractivity (Wildman–Crippen MR) is 80.5 cm³/mol. The van der Waals surface area contributed by atoms with Gasteiger partial charge in [0.2, 0.25) is 5.91 Å². The fourth-order valence-electron chi connectivity index (χ4n) is 2.11. The van der Waals surface area contributed by atoms with E-state index in [1.54, 1.807) is 13.8 Å². The number of hydrogen-bond donors (Lipinski definition) is 2. The molecular formula is C16H20F3NO4. The summed E-state index contributed by atoms with van der Waals surface area (Å²) >= 11 is 0. The predicted octanol–water partition coefficient (Wildman–Crippen LogP) is 3.13. The summed E-state index contributed by atoms with van der Waals surface area (Å²) in [4.78, 5) is 23.1. The van der Waals surface area contributed by atoms with Gasteiger partial charge in [-0.3, -0.25) is 4.79 Å². The summed E-state index contributed by atoms with van der Waals surface area (Å²) in [6, 6.07) is 4.51. The number of carboxylic acid groups (broad SMARTS) is 1. The largest absolute Gasteiger partial charge is 0.573 e. The molecule has 0 aliphatic carbocycles. The van der Waals surface area contributed by atoms with Gasteiger partial charge >= 0.3 is 12.3 Å². The number of aryl methyl sites for hydroxylation is 1. The van der Waals surface area contributed by atoms with Crippen molar-refractivity contribution in [3.8, 4) is 5.75 Å². The molecule has 0 saturated carbocycles. The van der Waals surface area contributed by atoms with Crippen molar-refractivity contribution in [1.29, 1.82) is 0 Å². The number of rotatable bonds is 8. The first-order valence-electron chi connectivity index (χ1n) is 7.49. The molecule has 0 spiro atoms. The average Bonchev–Trinajstić information content (AvgIpc) is 2.49. The van der Waals surface area contributed by atoms with Crippen LogP contribution in [0.5, 0.6) is 5.75 Å². The highest BCUT2D eigenvalue weighted by Crippen LogP contribution is 2.27. The Hall–Kier alpha value is -2.25. The number of nitrogens with one attached hydrogen (secondary N) is 1. The fraction of sp³-hybridized carbons (Fsp3) is 0.500. The summed E-state index contributed by atoms with van der Waals surface area (Å²) in [6.07, 6.45) is -4.38. The molecule has 1 aromatic rings. The number of amides is 1. The van der Waals surface area contributed by atoms with E-state index >= 15 is 0 Å². The van der Waals surface area contributed by atoms with Gasteiger partial charge in [0.1, 0.15) is 11.8 Å². The second-order valence-corrected chi connectivity index (χ2v) is 5.42. The summed E-state index contributed by atoms with van der Waals surface area (Å²) in [7, 11) is 0. The molecule has 134 valence electrons. The number of aliphatic carboxylic acids is 1. The summed E-state index contributed by atoms with van der Waals surface area (Å²) in [6.45, 7) is 3.50. The van der Waals surface area contributed by atoms with Gasteiger partial charge in [0.05, 0.1) is 0 Å². The molecule has 1 amide bonds. The Morgan fingerprint density at radius 2 is 1.92 bits per heavy atom. The number of para-hydroxylation sites is 1. The first-order chi connectivity index (χ1) is 11.1. The van der Waals surface area contributed by atoms with Gasteiger partial charge in [-0.1, -0.05) is 38.5 Å². The number of carbonyl (C=O) groups is 2. The Morgan fingerprint density at radius 3 is 2.46 bits per heavy atom. The van der Waals surface area contributed by atoms with Crippen LogP contribution in [0, 0.1) is 5.92 Å². The molecule has 2 N–H and O–H groups in total.